The number of nitrogens with zero attached hydrogens (tertiary/aromatic N) is 1. The van der Waals surface area contributed by atoms with E-state index in [9.17, 15) is 5.11 Å². The Kier molecular flexibility index (Phi) is 4.55. The number of unbranched alkanes of at least 4 members (excludes halogenated alkanes) is 1. The summed E-state index contributed by atoms with van der Waals surface area (Å²) in [7, 11) is 0. The first-order chi connectivity index (χ1) is 5.43. The minimum atomic E-state index is 0.105. The van der Waals surface area contributed by atoms with E-state index >= 15 is 0 Å². The normalized spacial score (nSPS) is 20.5. The van der Waals surface area contributed by atoms with E-state index in [1.807, 2.05) is 0 Å². The van der Waals surface area contributed by atoms with Crippen LogP contribution in [0, 0.1) is 0 Å². The van der Waals surface area contributed by atoms with E-state index in [2.05, 4.69) is 4.90 Å². The molecule has 1 radical (unpaired) electrons. The number of hydrogen-bond donors (Lipinski definition) is 0. The SMILES string of the molecule is [O]CCCCN1CCCCC1. The smallest absolute Gasteiger partial charge is 0.0822 e. The van der Waals surface area contributed by atoms with Gasteiger partial charge in [-0.15, -0.1) is 0 Å². The number of likely N-dealkylation sites (tertiary alicyclic amines) is 1. The fourth-order valence-electron chi connectivity index (χ4n) is 1.62. The van der Waals surface area contributed by atoms with E-state index < -0.39 is 0 Å². The van der Waals surface area contributed by atoms with Crippen LogP contribution in [0.15, 0.2) is 0 Å². The van der Waals surface area contributed by atoms with Crippen LogP contribution in [-0.2, 0) is 5.11 Å². The topological polar surface area (TPSA) is 23.1 Å². The first-order valence-corrected chi connectivity index (χ1v) is 4.74. The second-order valence-corrected chi connectivity index (χ2v) is 3.31. The summed E-state index contributed by atoms with van der Waals surface area (Å²) >= 11 is 0. The number of rotatable bonds is 4. The van der Waals surface area contributed by atoms with Gasteiger partial charge in [0.2, 0.25) is 0 Å². The van der Waals surface area contributed by atoms with Crippen LogP contribution < -0.4 is 0 Å². The van der Waals surface area contributed by atoms with Crippen LogP contribution in [0.1, 0.15) is 32.1 Å². The van der Waals surface area contributed by atoms with Crippen molar-refractivity contribution in [2.75, 3.05) is 26.2 Å². The monoisotopic (exact) mass is 156 g/mol. The number of hydrogen-bond acceptors (Lipinski definition) is 1. The standard InChI is InChI=1S/C9H18NO/c11-9-5-4-8-10-6-2-1-3-7-10/h1-9H2. The van der Waals surface area contributed by atoms with E-state index in [1.54, 1.807) is 0 Å². The summed E-state index contributed by atoms with van der Waals surface area (Å²) in [6, 6.07) is 0. The zero-order valence-electron chi connectivity index (χ0n) is 7.22. The summed E-state index contributed by atoms with van der Waals surface area (Å²) in [5.74, 6) is 0. The quantitative estimate of drug-likeness (QED) is 0.568. The Balaban J connectivity index is 1.96. The van der Waals surface area contributed by atoms with Gasteiger partial charge in [0.25, 0.3) is 0 Å². The highest BCUT2D eigenvalue weighted by molar-refractivity contribution is 4.63. The molecule has 2 heteroatoms. The molecule has 0 saturated carbocycles. The maximum atomic E-state index is 10.2. The second-order valence-electron chi connectivity index (χ2n) is 3.31. The molecule has 65 valence electrons. The minimum Gasteiger partial charge on any atom is -0.303 e. The van der Waals surface area contributed by atoms with Gasteiger partial charge in [-0.05, 0) is 45.3 Å². The summed E-state index contributed by atoms with van der Waals surface area (Å²) in [6.45, 7) is 3.79. The van der Waals surface area contributed by atoms with Crippen LogP contribution in [0.4, 0.5) is 0 Å². The van der Waals surface area contributed by atoms with Crippen molar-refractivity contribution >= 4 is 0 Å². The third kappa shape index (κ3) is 3.73. The average molecular weight is 156 g/mol. The van der Waals surface area contributed by atoms with E-state index in [1.165, 1.54) is 32.4 Å². The molecule has 11 heavy (non-hydrogen) atoms. The zero-order valence-corrected chi connectivity index (χ0v) is 7.22. The molecule has 0 atom stereocenters. The second kappa shape index (κ2) is 5.56. The predicted molar refractivity (Wildman–Crippen MR) is 45.1 cm³/mol. The highest BCUT2D eigenvalue weighted by atomic mass is 16.2. The van der Waals surface area contributed by atoms with Crippen molar-refractivity contribution in [1.29, 1.82) is 0 Å². The fraction of sp³-hybridized carbons (Fsp3) is 1.00. The van der Waals surface area contributed by atoms with E-state index in [0.717, 1.165) is 19.4 Å². The summed E-state index contributed by atoms with van der Waals surface area (Å²) in [5.41, 5.74) is 0. The predicted octanol–water partition coefficient (Wildman–Crippen LogP) is 1.68. The highest BCUT2D eigenvalue weighted by Gasteiger charge is 2.08. The van der Waals surface area contributed by atoms with Gasteiger partial charge >= 0.3 is 0 Å². The Morgan fingerprint density at radius 1 is 1.00 bits per heavy atom. The molecule has 0 aromatic heterocycles. The van der Waals surface area contributed by atoms with Gasteiger partial charge in [-0.1, -0.05) is 6.42 Å². The molecule has 1 rings (SSSR count). The van der Waals surface area contributed by atoms with Crippen molar-refractivity contribution < 1.29 is 5.11 Å². The van der Waals surface area contributed by atoms with Crippen molar-refractivity contribution in [2.24, 2.45) is 0 Å². The first-order valence-electron chi connectivity index (χ1n) is 4.74. The lowest BCUT2D eigenvalue weighted by Crippen LogP contribution is -2.30. The molecule has 0 aromatic rings. The Bertz CT molecular complexity index is 89.6. The Labute approximate surface area is 69.2 Å². The molecule has 1 fully saturated rings. The van der Waals surface area contributed by atoms with E-state index in [-0.39, 0.29) is 6.61 Å². The van der Waals surface area contributed by atoms with E-state index in [0.29, 0.717) is 0 Å². The molecule has 0 bridgehead atoms. The van der Waals surface area contributed by atoms with Gasteiger partial charge in [0.15, 0.2) is 0 Å². The maximum absolute atomic E-state index is 10.2. The highest BCUT2D eigenvalue weighted by Crippen LogP contribution is 2.08. The third-order valence-electron chi connectivity index (χ3n) is 2.32. The minimum absolute atomic E-state index is 0.105. The zero-order chi connectivity index (χ0) is 7.94. The molecule has 1 heterocycles. The van der Waals surface area contributed by atoms with Gasteiger partial charge in [0, 0.05) is 0 Å². The molecular formula is C9H18NO. The first kappa shape index (κ1) is 9.01. The third-order valence-corrected chi connectivity index (χ3v) is 2.32. The summed E-state index contributed by atoms with van der Waals surface area (Å²) in [6.07, 6.45) is 6.08. The van der Waals surface area contributed by atoms with Gasteiger partial charge in [-0.25, -0.2) is 5.11 Å². The van der Waals surface area contributed by atoms with Crippen LogP contribution in [0.5, 0.6) is 0 Å². The van der Waals surface area contributed by atoms with Gasteiger partial charge in [0.1, 0.15) is 0 Å². The van der Waals surface area contributed by atoms with Crippen LogP contribution in [-0.4, -0.2) is 31.1 Å². The largest absolute Gasteiger partial charge is 0.303 e. The lowest BCUT2D eigenvalue weighted by atomic mass is 10.1. The molecule has 1 aliphatic rings. The molecule has 1 aliphatic heterocycles. The van der Waals surface area contributed by atoms with Crippen molar-refractivity contribution in [2.45, 2.75) is 32.1 Å². The van der Waals surface area contributed by atoms with Crippen molar-refractivity contribution in [3.8, 4) is 0 Å². The molecule has 1 saturated heterocycles. The van der Waals surface area contributed by atoms with Crippen LogP contribution in [0.3, 0.4) is 0 Å². The molecule has 0 aliphatic carbocycles. The molecular weight excluding hydrogens is 138 g/mol. The summed E-state index contributed by atoms with van der Waals surface area (Å²) in [4.78, 5) is 2.49. The van der Waals surface area contributed by atoms with Gasteiger partial charge < -0.3 is 4.90 Å². The Morgan fingerprint density at radius 2 is 1.73 bits per heavy atom. The lowest BCUT2D eigenvalue weighted by Gasteiger charge is -2.25. The number of piperidine rings is 1. The summed E-state index contributed by atoms with van der Waals surface area (Å²) in [5, 5.41) is 10.2. The van der Waals surface area contributed by atoms with Crippen molar-refractivity contribution in [3.63, 3.8) is 0 Å². The molecule has 0 unspecified atom stereocenters. The molecule has 0 aromatic carbocycles. The Morgan fingerprint density at radius 3 is 2.36 bits per heavy atom. The van der Waals surface area contributed by atoms with Crippen LogP contribution in [0.2, 0.25) is 0 Å². The van der Waals surface area contributed by atoms with Crippen molar-refractivity contribution in [3.05, 3.63) is 0 Å². The summed E-state index contributed by atoms with van der Waals surface area (Å²) < 4.78 is 0. The molecule has 2 nitrogen and oxygen atoms in total. The maximum Gasteiger partial charge on any atom is 0.0822 e. The van der Waals surface area contributed by atoms with Gasteiger partial charge in [0.05, 0.1) is 6.61 Å². The van der Waals surface area contributed by atoms with E-state index in [4.69, 9.17) is 0 Å². The Hall–Kier alpha value is -0.0800. The molecule has 0 N–H and O–H groups in total. The van der Waals surface area contributed by atoms with Gasteiger partial charge in [-0.3, -0.25) is 0 Å². The lowest BCUT2D eigenvalue weighted by molar-refractivity contribution is 0.172. The molecule has 0 spiro atoms. The van der Waals surface area contributed by atoms with Crippen LogP contribution >= 0.6 is 0 Å². The van der Waals surface area contributed by atoms with Crippen molar-refractivity contribution in [1.82, 2.24) is 4.90 Å². The fourth-order valence-corrected chi connectivity index (χ4v) is 1.62. The molecule has 0 amide bonds. The van der Waals surface area contributed by atoms with Gasteiger partial charge in [-0.2, -0.15) is 0 Å². The average Bonchev–Trinajstić information content (AvgIpc) is 2.07. The van der Waals surface area contributed by atoms with Crippen LogP contribution in [0.25, 0.3) is 0 Å².